The van der Waals surface area contributed by atoms with Gasteiger partial charge in [-0.05, 0) is 37.7 Å². The van der Waals surface area contributed by atoms with Crippen LogP contribution in [0.1, 0.15) is 24.4 Å². The van der Waals surface area contributed by atoms with Crippen LogP contribution in [0.4, 0.5) is 0 Å². The Morgan fingerprint density at radius 1 is 1.17 bits per heavy atom. The van der Waals surface area contributed by atoms with Crippen LogP contribution < -0.4 is 10.1 Å². The predicted molar refractivity (Wildman–Crippen MR) is 70.5 cm³/mol. The summed E-state index contributed by atoms with van der Waals surface area (Å²) >= 11 is 0. The molecule has 1 heterocycles. The summed E-state index contributed by atoms with van der Waals surface area (Å²) in [5.41, 5.74) is 1.12. The van der Waals surface area contributed by atoms with E-state index in [-0.39, 0.29) is 6.04 Å². The van der Waals surface area contributed by atoms with Gasteiger partial charge in [0.15, 0.2) is 0 Å². The van der Waals surface area contributed by atoms with E-state index in [1.54, 1.807) is 12.4 Å². The SMILES string of the molecule is CCOc1ccc(C(NC)c2ncccn2)cc1. The Balaban J connectivity index is 2.23. The zero-order valence-electron chi connectivity index (χ0n) is 10.6. The van der Waals surface area contributed by atoms with Crippen LogP contribution in [-0.4, -0.2) is 23.6 Å². The molecule has 0 amide bonds. The largest absolute Gasteiger partial charge is 0.494 e. The molecular formula is C14H17N3O. The monoisotopic (exact) mass is 243 g/mol. The maximum absolute atomic E-state index is 5.43. The van der Waals surface area contributed by atoms with Crippen molar-refractivity contribution in [1.82, 2.24) is 15.3 Å². The first-order chi connectivity index (χ1) is 8.85. The van der Waals surface area contributed by atoms with Crippen molar-refractivity contribution >= 4 is 0 Å². The minimum atomic E-state index is 0.00174. The van der Waals surface area contributed by atoms with Crippen LogP contribution in [0.3, 0.4) is 0 Å². The quantitative estimate of drug-likeness (QED) is 0.874. The Bertz CT molecular complexity index is 470. The lowest BCUT2D eigenvalue weighted by Crippen LogP contribution is -2.20. The first-order valence-corrected chi connectivity index (χ1v) is 6.02. The summed E-state index contributed by atoms with van der Waals surface area (Å²) in [4.78, 5) is 8.56. The van der Waals surface area contributed by atoms with E-state index in [9.17, 15) is 0 Å². The fraction of sp³-hybridized carbons (Fsp3) is 0.286. The summed E-state index contributed by atoms with van der Waals surface area (Å²) in [6.07, 6.45) is 3.50. The standard InChI is InChI=1S/C14H17N3O/c1-3-18-12-7-5-11(6-8-12)13(15-2)14-16-9-4-10-17-14/h4-10,13,15H,3H2,1-2H3. The topological polar surface area (TPSA) is 47.0 Å². The number of nitrogens with zero attached hydrogens (tertiary/aromatic N) is 2. The molecule has 0 fully saturated rings. The molecule has 0 aliphatic heterocycles. The van der Waals surface area contributed by atoms with Crippen molar-refractivity contribution < 1.29 is 4.74 Å². The minimum absolute atomic E-state index is 0.00174. The molecule has 1 aromatic heterocycles. The van der Waals surface area contributed by atoms with Gasteiger partial charge in [-0.2, -0.15) is 0 Å². The summed E-state index contributed by atoms with van der Waals surface area (Å²) in [5.74, 6) is 1.65. The number of benzene rings is 1. The van der Waals surface area contributed by atoms with Crippen LogP contribution in [-0.2, 0) is 0 Å². The lowest BCUT2D eigenvalue weighted by atomic mass is 10.1. The molecule has 2 rings (SSSR count). The Morgan fingerprint density at radius 2 is 1.83 bits per heavy atom. The average Bonchev–Trinajstić information content (AvgIpc) is 2.43. The fourth-order valence-corrected chi connectivity index (χ4v) is 1.83. The zero-order valence-corrected chi connectivity index (χ0v) is 10.6. The smallest absolute Gasteiger partial charge is 0.149 e. The predicted octanol–water partition coefficient (Wildman–Crippen LogP) is 2.18. The van der Waals surface area contributed by atoms with E-state index in [1.165, 1.54) is 0 Å². The molecule has 0 saturated heterocycles. The highest BCUT2D eigenvalue weighted by molar-refractivity contribution is 5.31. The summed E-state index contributed by atoms with van der Waals surface area (Å²) in [5, 5.41) is 3.22. The van der Waals surface area contributed by atoms with Gasteiger partial charge >= 0.3 is 0 Å². The lowest BCUT2D eigenvalue weighted by Gasteiger charge is -2.15. The molecule has 1 N–H and O–H groups in total. The third kappa shape index (κ3) is 2.84. The van der Waals surface area contributed by atoms with E-state index in [2.05, 4.69) is 15.3 Å². The molecule has 4 heteroatoms. The Morgan fingerprint density at radius 3 is 2.39 bits per heavy atom. The van der Waals surface area contributed by atoms with Gasteiger partial charge < -0.3 is 10.1 Å². The van der Waals surface area contributed by atoms with Crippen molar-refractivity contribution in [2.24, 2.45) is 0 Å². The van der Waals surface area contributed by atoms with Gasteiger partial charge in [0, 0.05) is 12.4 Å². The van der Waals surface area contributed by atoms with Crippen LogP contribution in [0, 0.1) is 0 Å². The van der Waals surface area contributed by atoms with Crippen molar-refractivity contribution in [2.45, 2.75) is 13.0 Å². The summed E-state index contributed by atoms with van der Waals surface area (Å²) in [6.45, 7) is 2.65. The van der Waals surface area contributed by atoms with Crippen molar-refractivity contribution in [3.63, 3.8) is 0 Å². The highest BCUT2D eigenvalue weighted by Gasteiger charge is 2.14. The van der Waals surface area contributed by atoms with Gasteiger partial charge in [0.1, 0.15) is 11.6 Å². The van der Waals surface area contributed by atoms with E-state index in [1.807, 2.05) is 44.3 Å². The van der Waals surface area contributed by atoms with E-state index in [4.69, 9.17) is 4.74 Å². The molecular weight excluding hydrogens is 226 g/mol. The Kier molecular flexibility index (Phi) is 4.25. The fourth-order valence-electron chi connectivity index (χ4n) is 1.83. The zero-order chi connectivity index (χ0) is 12.8. The Hall–Kier alpha value is -1.94. The number of rotatable bonds is 5. The van der Waals surface area contributed by atoms with Crippen LogP contribution in [0.5, 0.6) is 5.75 Å². The van der Waals surface area contributed by atoms with E-state index in [0.717, 1.165) is 17.1 Å². The van der Waals surface area contributed by atoms with Crippen LogP contribution in [0.15, 0.2) is 42.7 Å². The number of hydrogen-bond donors (Lipinski definition) is 1. The molecule has 4 nitrogen and oxygen atoms in total. The van der Waals surface area contributed by atoms with Crippen molar-refractivity contribution in [1.29, 1.82) is 0 Å². The number of ether oxygens (including phenoxy) is 1. The normalized spacial score (nSPS) is 12.1. The Labute approximate surface area is 107 Å². The second kappa shape index (κ2) is 6.12. The summed E-state index contributed by atoms with van der Waals surface area (Å²) < 4.78 is 5.43. The van der Waals surface area contributed by atoms with E-state index in [0.29, 0.717) is 6.61 Å². The van der Waals surface area contributed by atoms with Crippen LogP contribution in [0.2, 0.25) is 0 Å². The number of hydrogen-bond acceptors (Lipinski definition) is 4. The van der Waals surface area contributed by atoms with Gasteiger partial charge in [0.25, 0.3) is 0 Å². The van der Waals surface area contributed by atoms with Gasteiger partial charge in [-0.25, -0.2) is 9.97 Å². The van der Waals surface area contributed by atoms with Crippen molar-refractivity contribution in [3.8, 4) is 5.75 Å². The van der Waals surface area contributed by atoms with Crippen LogP contribution in [0.25, 0.3) is 0 Å². The molecule has 1 atom stereocenters. The number of aromatic nitrogens is 2. The molecule has 94 valence electrons. The average molecular weight is 243 g/mol. The third-order valence-corrected chi connectivity index (χ3v) is 2.66. The molecule has 2 aromatic rings. The van der Waals surface area contributed by atoms with Gasteiger partial charge in [0.05, 0.1) is 12.6 Å². The van der Waals surface area contributed by atoms with Crippen LogP contribution >= 0.6 is 0 Å². The maximum atomic E-state index is 5.43. The minimum Gasteiger partial charge on any atom is -0.494 e. The van der Waals surface area contributed by atoms with E-state index < -0.39 is 0 Å². The number of nitrogens with one attached hydrogen (secondary N) is 1. The first kappa shape index (κ1) is 12.5. The lowest BCUT2D eigenvalue weighted by molar-refractivity contribution is 0.340. The molecule has 0 aliphatic rings. The summed E-state index contributed by atoms with van der Waals surface area (Å²) in [7, 11) is 1.90. The highest BCUT2D eigenvalue weighted by Crippen LogP contribution is 2.21. The molecule has 1 aromatic carbocycles. The molecule has 0 spiro atoms. The second-order valence-corrected chi connectivity index (χ2v) is 3.83. The van der Waals surface area contributed by atoms with Gasteiger partial charge in [-0.15, -0.1) is 0 Å². The first-order valence-electron chi connectivity index (χ1n) is 6.02. The molecule has 0 bridgehead atoms. The van der Waals surface area contributed by atoms with Crippen molar-refractivity contribution in [2.75, 3.05) is 13.7 Å². The van der Waals surface area contributed by atoms with E-state index >= 15 is 0 Å². The van der Waals surface area contributed by atoms with Gasteiger partial charge in [-0.1, -0.05) is 12.1 Å². The maximum Gasteiger partial charge on any atom is 0.149 e. The van der Waals surface area contributed by atoms with Gasteiger partial charge in [0.2, 0.25) is 0 Å². The van der Waals surface area contributed by atoms with Gasteiger partial charge in [-0.3, -0.25) is 0 Å². The second-order valence-electron chi connectivity index (χ2n) is 3.83. The highest BCUT2D eigenvalue weighted by atomic mass is 16.5. The van der Waals surface area contributed by atoms with Crippen molar-refractivity contribution in [3.05, 3.63) is 54.1 Å². The molecule has 0 aliphatic carbocycles. The third-order valence-electron chi connectivity index (χ3n) is 2.66. The molecule has 18 heavy (non-hydrogen) atoms. The molecule has 0 radical (unpaired) electrons. The molecule has 0 saturated carbocycles. The summed E-state index contributed by atoms with van der Waals surface area (Å²) in [6, 6.07) is 9.80. The molecule has 1 unspecified atom stereocenters.